The average Bonchev–Trinajstić information content (AvgIpc) is 2.44. The number of hydrogen-bond donors (Lipinski definition) is 2. The predicted octanol–water partition coefficient (Wildman–Crippen LogP) is 2.08. The Kier molecular flexibility index (Phi) is 4.33. The number of hydrogen-bond acceptors (Lipinski definition) is 3. The van der Waals surface area contributed by atoms with Gasteiger partial charge in [-0.05, 0) is 44.5 Å². The number of rotatable bonds is 2. The summed E-state index contributed by atoms with van der Waals surface area (Å²) in [6.07, 6.45) is 0. The molecule has 2 N–H and O–H groups in total. The maximum atomic E-state index is 12.0. The number of nitrogens with one attached hydrogen (secondary N) is 2. The Morgan fingerprint density at radius 1 is 0.952 bits per heavy atom. The van der Waals surface area contributed by atoms with Gasteiger partial charge in [-0.25, -0.2) is 4.98 Å². The Hall–Kier alpha value is -2.69. The van der Waals surface area contributed by atoms with E-state index in [9.17, 15) is 9.59 Å². The standard InChI is InChI=1S/C16H17N3O2/c1-10-7-8-13(11(2)9-10)15(20)18-19-16(21)14-6-4-5-12(3)17-14/h4-9H,1-3H3,(H,18,20)(H,19,21). The maximum absolute atomic E-state index is 12.0. The van der Waals surface area contributed by atoms with Crippen LogP contribution < -0.4 is 10.9 Å². The Labute approximate surface area is 123 Å². The van der Waals surface area contributed by atoms with E-state index in [0.717, 1.165) is 16.8 Å². The van der Waals surface area contributed by atoms with Crippen LogP contribution in [0.3, 0.4) is 0 Å². The first-order valence-electron chi connectivity index (χ1n) is 6.59. The van der Waals surface area contributed by atoms with Crippen molar-refractivity contribution in [2.24, 2.45) is 0 Å². The third kappa shape index (κ3) is 3.66. The SMILES string of the molecule is Cc1ccc(C(=O)NNC(=O)c2cccc(C)n2)c(C)c1. The third-order valence-electron chi connectivity index (χ3n) is 3.04. The van der Waals surface area contributed by atoms with Gasteiger partial charge in [0.1, 0.15) is 5.69 Å². The molecule has 1 aromatic heterocycles. The van der Waals surface area contributed by atoms with Gasteiger partial charge in [0.05, 0.1) is 0 Å². The lowest BCUT2D eigenvalue weighted by Crippen LogP contribution is -2.42. The van der Waals surface area contributed by atoms with Gasteiger partial charge in [0.2, 0.25) is 0 Å². The highest BCUT2D eigenvalue weighted by molar-refractivity contribution is 5.99. The molecule has 0 unspecified atom stereocenters. The fourth-order valence-corrected chi connectivity index (χ4v) is 1.98. The van der Waals surface area contributed by atoms with Crippen molar-refractivity contribution in [2.75, 3.05) is 0 Å². The number of carbonyl (C=O) groups is 2. The van der Waals surface area contributed by atoms with Gasteiger partial charge in [0.25, 0.3) is 11.8 Å². The second kappa shape index (κ2) is 6.17. The van der Waals surface area contributed by atoms with E-state index in [-0.39, 0.29) is 11.6 Å². The van der Waals surface area contributed by atoms with Crippen molar-refractivity contribution in [3.63, 3.8) is 0 Å². The summed E-state index contributed by atoms with van der Waals surface area (Å²) in [5.41, 5.74) is 8.23. The van der Waals surface area contributed by atoms with Gasteiger partial charge in [0, 0.05) is 11.3 Å². The maximum Gasteiger partial charge on any atom is 0.288 e. The van der Waals surface area contributed by atoms with E-state index in [1.165, 1.54) is 0 Å². The molecule has 5 nitrogen and oxygen atoms in total. The molecule has 2 rings (SSSR count). The topological polar surface area (TPSA) is 71.1 Å². The summed E-state index contributed by atoms with van der Waals surface area (Å²) >= 11 is 0. The fourth-order valence-electron chi connectivity index (χ4n) is 1.98. The predicted molar refractivity (Wildman–Crippen MR) is 79.8 cm³/mol. The number of benzene rings is 1. The van der Waals surface area contributed by atoms with Gasteiger partial charge in [-0.2, -0.15) is 0 Å². The molecule has 0 spiro atoms. The Bertz CT molecular complexity index is 696. The van der Waals surface area contributed by atoms with Gasteiger partial charge in [-0.1, -0.05) is 23.8 Å². The zero-order chi connectivity index (χ0) is 15.4. The van der Waals surface area contributed by atoms with E-state index in [0.29, 0.717) is 5.56 Å². The minimum atomic E-state index is -0.447. The van der Waals surface area contributed by atoms with Crippen LogP contribution in [-0.2, 0) is 0 Å². The number of pyridine rings is 1. The van der Waals surface area contributed by atoms with Crippen LogP contribution in [0.2, 0.25) is 0 Å². The van der Waals surface area contributed by atoms with Crippen LogP contribution >= 0.6 is 0 Å². The van der Waals surface area contributed by atoms with E-state index in [4.69, 9.17) is 0 Å². The Morgan fingerprint density at radius 2 is 1.67 bits per heavy atom. The molecule has 0 bridgehead atoms. The largest absolute Gasteiger partial charge is 0.288 e. The van der Waals surface area contributed by atoms with Gasteiger partial charge >= 0.3 is 0 Å². The van der Waals surface area contributed by atoms with Crippen molar-refractivity contribution in [1.29, 1.82) is 0 Å². The van der Waals surface area contributed by atoms with E-state index >= 15 is 0 Å². The van der Waals surface area contributed by atoms with Crippen LogP contribution in [0, 0.1) is 20.8 Å². The Balaban J connectivity index is 2.02. The normalized spacial score (nSPS) is 10.0. The summed E-state index contributed by atoms with van der Waals surface area (Å²) in [7, 11) is 0. The van der Waals surface area contributed by atoms with Gasteiger partial charge in [-0.3, -0.25) is 20.4 Å². The van der Waals surface area contributed by atoms with E-state index in [2.05, 4.69) is 15.8 Å². The molecule has 5 heteroatoms. The fraction of sp³-hybridized carbons (Fsp3) is 0.188. The molecule has 21 heavy (non-hydrogen) atoms. The summed E-state index contributed by atoms with van der Waals surface area (Å²) in [4.78, 5) is 28.0. The molecule has 0 saturated carbocycles. The summed E-state index contributed by atoms with van der Waals surface area (Å²) in [5, 5.41) is 0. The van der Waals surface area contributed by atoms with E-state index in [1.54, 1.807) is 31.2 Å². The molecule has 0 saturated heterocycles. The average molecular weight is 283 g/mol. The first kappa shape index (κ1) is 14.7. The van der Waals surface area contributed by atoms with Crippen LogP contribution in [-0.4, -0.2) is 16.8 Å². The molecule has 0 aliphatic heterocycles. The van der Waals surface area contributed by atoms with Crippen LogP contribution in [0.15, 0.2) is 36.4 Å². The molecule has 0 atom stereocenters. The van der Waals surface area contributed by atoms with Crippen molar-refractivity contribution in [3.05, 3.63) is 64.5 Å². The van der Waals surface area contributed by atoms with Crippen LogP contribution in [0.1, 0.15) is 37.7 Å². The molecule has 108 valence electrons. The summed E-state index contributed by atoms with van der Waals surface area (Å²) in [5.74, 6) is -0.801. The quantitative estimate of drug-likeness (QED) is 0.829. The number of amides is 2. The van der Waals surface area contributed by atoms with Crippen molar-refractivity contribution < 1.29 is 9.59 Å². The van der Waals surface area contributed by atoms with Crippen LogP contribution in [0.4, 0.5) is 0 Å². The third-order valence-corrected chi connectivity index (χ3v) is 3.04. The summed E-state index contributed by atoms with van der Waals surface area (Å²) in [6.45, 7) is 5.61. The second-order valence-corrected chi connectivity index (χ2v) is 4.89. The molecular formula is C16H17N3O2. The molecule has 2 amide bonds. The van der Waals surface area contributed by atoms with E-state index < -0.39 is 5.91 Å². The molecule has 1 heterocycles. The van der Waals surface area contributed by atoms with Crippen LogP contribution in [0.25, 0.3) is 0 Å². The summed E-state index contributed by atoms with van der Waals surface area (Å²) < 4.78 is 0. The second-order valence-electron chi connectivity index (χ2n) is 4.89. The highest BCUT2D eigenvalue weighted by Gasteiger charge is 2.11. The lowest BCUT2D eigenvalue weighted by Gasteiger charge is -2.09. The summed E-state index contributed by atoms with van der Waals surface area (Å²) in [6, 6.07) is 10.6. The number of hydrazine groups is 1. The van der Waals surface area contributed by atoms with Crippen molar-refractivity contribution in [2.45, 2.75) is 20.8 Å². The monoisotopic (exact) mass is 283 g/mol. The zero-order valence-electron chi connectivity index (χ0n) is 12.2. The highest BCUT2D eigenvalue weighted by atomic mass is 16.2. The van der Waals surface area contributed by atoms with Crippen LogP contribution in [0.5, 0.6) is 0 Å². The van der Waals surface area contributed by atoms with Crippen molar-refractivity contribution in [3.8, 4) is 0 Å². The molecule has 0 aliphatic carbocycles. The van der Waals surface area contributed by atoms with Gasteiger partial charge in [-0.15, -0.1) is 0 Å². The number of nitrogens with zero attached hydrogens (tertiary/aromatic N) is 1. The molecule has 1 aromatic carbocycles. The molecular weight excluding hydrogens is 266 g/mol. The number of aromatic nitrogens is 1. The number of aryl methyl sites for hydroxylation is 3. The first-order chi connectivity index (χ1) is 9.97. The van der Waals surface area contributed by atoms with Crippen molar-refractivity contribution in [1.82, 2.24) is 15.8 Å². The lowest BCUT2D eigenvalue weighted by atomic mass is 10.1. The smallest absolute Gasteiger partial charge is 0.267 e. The molecule has 0 aliphatic rings. The number of carbonyl (C=O) groups excluding carboxylic acids is 2. The van der Waals surface area contributed by atoms with E-state index in [1.807, 2.05) is 26.0 Å². The lowest BCUT2D eigenvalue weighted by molar-refractivity contribution is 0.0843. The first-order valence-corrected chi connectivity index (χ1v) is 6.59. The van der Waals surface area contributed by atoms with Gasteiger partial charge in [0.15, 0.2) is 0 Å². The zero-order valence-corrected chi connectivity index (χ0v) is 12.2. The molecule has 0 fully saturated rings. The van der Waals surface area contributed by atoms with Gasteiger partial charge < -0.3 is 0 Å². The minimum Gasteiger partial charge on any atom is -0.267 e. The highest BCUT2D eigenvalue weighted by Crippen LogP contribution is 2.09. The van der Waals surface area contributed by atoms with Crippen molar-refractivity contribution >= 4 is 11.8 Å². The molecule has 2 aromatic rings. The minimum absolute atomic E-state index is 0.260. The Morgan fingerprint density at radius 3 is 2.33 bits per heavy atom. The molecule has 0 radical (unpaired) electrons.